The zero-order chi connectivity index (χ0) is 19.2. The number of nitrogens with zero attached hydrogens (tertiary/aromatic N) is 3. The number of thioether (sulfide) groups is 1. The minimum atomic E-state index is 0.262. The lowest BCUT2D eigenvalue weighted by Crippen LogP contribution is -2.54. The number of carbonyl (C=O) groups is 1. The number of carbonyl (C=O) groups excluding carboxylic acids is 1. The summed E-state index contributed by atoms with van der Waals surface area (Å²) in [5.41, 5.74) is 1.25. The van der Waals surface area contributed by atoms with Gasteiger partial charge in [0.15, 0.2) is 0 Å². The number of pyridine rings is 1. The molecule has 148 valence electrons. The van der Waals surface area contributed by atoms with E-state index in [1.165, 1.54) is 24.3 Å². The van der Waals surface area contributed by atoms with Gasteiger partial charge in [0.25, 0.3) is 0 Å². The van der Waals surface area contributed by atoms with Crippen LogP contribution in [0.3, 0.4) is 0 Å². The van der Waals surface area contributed by atoms with E-state index in [1.807, 2.05) is 41.1 Å². The van der Waals surface area contributed by atoms with Crippen LogP contribution in [0.1, 0.15) is 31.4 Å². The zero-order valence-corrected chi connectivity index (χ0v) is 17.2. The van der Waals surface area contributed by atoms with E-state index in [2.05, 4.69) is 40.2 Å². The molecule has 1 aromatic carbocycles. The molecule has 2 aliphatic heterocycles. The molecule has 1 amide bonds. The molecule has 0 saturated carbocycles. The van der Waals surface area contributed by atoms with Crippen LogP contribution in [0.4, 0.5) is 0 Å². The van der Waals surface area contributed by atoms with Gasteiger partial charge in [0.1, 0.15) is 0 Å². The van der Waals surface area contributed by atoms with Gasteiger partial charge in [0.05, 0.1) is 12.2 Å². The number of likely N-dealkylation sites (tertiary alicyclic amines) is 2. The molecular formula is C23H29N3OS. The molecule has 2 fully saturated rings. The van der Waals surface area contributed by atoms with Crippen LogP contribution in [-0.2, 0) is 11.3 Å². The Hall–Kier alpha value is -1.85. The van der Waals surface area contributed by atoms with E-state index in [0.717, 1.165) is 37.5 Å². The van der Waals surface area contributed by atoms with Crippen LogP contribution in [0.2, 0.25) is 0 Å². The first-order valence-corrected chi connectivity index (χ1v) is 11.3. The highest BCUT2D eigenvalue weighted by Crippen LogP contribution is 2.39. The lowest BCUT2D eigenvalue weighted by Gasteiger charge is -2.48. The minimum Gasteiger partial charge on any atom is -0.336 e. The molecule has 0 bridgehead atoms. The molecule has 28 heavy (non-hydrogen) atoms. The molecular weight excluding hydrogens is 366 g/mol. The fourth-order valence-electron chi connectivity index (χ4n) is 4.58. The van der Waals surface area contributed by atoms with E-state index in [4.69, 9.17) is 0 Å². The van der Waals surface area contributed by atoms with E-state index in [0.29, 0.717) is 13.0 Å². The SMILES string of the molecule is O=C1CC[C@]2(CCCN(CCSc3ccccc3)C2)CN1Cc1ccccn1. The van der Waals surface area contributed by atoms with Gasteiger partial charge in [-0.3, -0.25) is 9.78 Å². The van der Waals surface area contributed by atoms with Gasteiger partial charge in [-0.15, -0.1) is 11.8 Å². The second-order valence-corrected chi connectivity index (χ2v) is 9.28. The van der Waals surface area contributed by atoms with Crippen molar-refractivity contribution in [2.45, 2.75) is 37.1 Å². The van der Waals surface area contributed by atoms with Gasteiger partial charge in [-0.2, -0.15) is 0 Å². The van der Waals surface area contributed by atoms with Crippen LogP contribution >= 0.6 is 11.8 Å². The molecule has 1 spiro atoms. The Bertz CT molecular complexity index is 770. The van der Waals surface area contributed by atoms with Gasteiger partial charge in [0.2, 0.25) is 5.91 Å². The maximum Gasteiger partial charge on any atom is 0.222 e. The zero-order valence-electron chi connectivity index (χ0n) is 16.4. The number of amides is 1. The molecule has 1 aromatic heterocycles. The Morgan fingerprint density at radius 3 is 2.71 bits per heavy atom. The Morgan fingerprint density at radius 1 is 1.04 bits per heavy atom. The summed E-state index contributed by atoms with van der Waals surface area (Å²) < 4.78 is 0. The number of hydrogen-bond acceptors (Lipinski definition) is 4. The Balaban J connectivity index is 1.33. The molecule has 2 aliphatic rings. The quantitative estimate of drug-likeness (QED) is 0.691. The first-order valence-electron chi connectivity index (χ1n) is 10.3. The van der Waals surface area contributed by atoms with Crippen molar-refractivity contribution in [3.63, 3.8) is 0 Å². The maximum atomic E-state index is 12.5. The molecule has 0 N–H and O–H groups in total. The van der Waals surface area contributed by atoms with Crippen LogP contribution in [0.15, 0.2) is 59.6 Å². The van der Waals surface area contributed by atoms with Crippen LogP contribution in [0.25, 0.3) is 0 Å². The van der Waals surface area contributed by atoms with Gasteiger partial charge >= 0.3 is 0 Å². The van der Waals surface area contributed by atoms with Crippen molar-refractivity contribution in [2.75, 3.05) is 31.9 Å². The van der Waals surface area contributed by atoms with Crippen molar-refractivity contribution in [3.8, 4) is 0 Å². The largest absolute Gasteiger partial charge is 0.336 e. The summed E-state index contributed by atoms with van der Waals surface area (Å²) in [4.78, 5) is 22.9. The Morgan fingerprint density at radius 2 is 1.89 bits per heavy atom. The molecule has 1 atom stereocenters. The third-order valence-electron chi connectivity index (χ3n) is 5.99. The predicted molar refractivity (Wildman–Crippen MR) is 114 cm³/mol. The molecule has 2 aromatic rings. The standard InChI is InChI=1S/C23H29N3OS/c27-22-10-12-23(19-26(22)17-20-7-4-5-13-24-20)11-6-14-25(18-23)15-16-28-21-8-2-1-3-9-21/h1-5,7-9,13H,6,10-12,14-19H2/t23-/m0/s1. The number of rotatable bonds is 6. The summed E-state index contributed by atoms with van der Waals surface area (Å²) in [6, 6.07) is 16.6. The Labute approximate surface area is 172 Å². The molecule has 5 heteroatoms. The highest BCUT2D eigenvalue weighted by molar-refractivity contribution is 7.99. The van der Waals surface area contributed by atoms with E-state index >= 15 is 0 Å². The fraction of sp³-hybridized carbons (Fsp3) is 0.478. The number of piperidine rings is 2. The van der Waals surface area contributed by atoms with Crippen LogP contribution in [0.5, 0.6) is 0 Å². The average Bonchev–Trinajstić information content (AvgIpc) is 2.73. The lowest BCUT2D eigenvalue weighted by atomic mass is 9.73. The maximum absolute atomic E-state index is 12.5. The van der Waals surface area contributed by atoms with E-state index < -0.39 is 0 Å². The van der Waals surface area contributed by atoms with Crippen molar-refractivity contribution in [1.82, 2.24) is 14.8 Å². The van der Waals surface area contributed by atoms with Gasteiger partial charge < -0.3 is 9.80 Å². The molecule has 0 aliphatic carbocycles. The van der Waals surface area contributed by atoms with Gasteiger partial charge in [0, 0.05) is 48.3 Å². The Kier molecular flexibility index (Phi) is 6.33. The first-order chi connectivity index (χ1) is 13.7. The molecule has 4 rings (SSSR count). The minimum absolute atomic E-state index is 0.262. The monoisotopic (exact) mass is 395 g/mol. The smallest absolute Gasteiger partial charge is 0.222 e. The first kappa shape index (κ1) is 19.5. The number of aromatic nitrogens is 1. The van der Waals surface area contributed by atoms with Crippen LogP contribution in [-0.4, -0.2) is 52.6 Å². The normalized spacial score (nSPS) is 23.3. The fourth-order valence-corrected chi connectivity index (χ4v) is 5.51. The van der Waals surface area contributed by atoms with Gasteiger partial charge in [-0.1, -0.05) is 24.3 Å². The summed E-state index contributed by atoms with van der Waals surface area (Å²) in [7, 11) is 0. The third kappa shape index (κ3) is 4.95. The van der Waals surface area contributed by atoms with E-state index in [1.54, 1.807) is 0 Å². The molecule has 3 heterocycles. The predicted octanol–water partition coefficient (Wildman–Crippen LogP) is 4.08. The van der Waals surface area contributed by atoms with Crippen molar-refractivity contribution < 1.29 is 4.79 Å². The van der Waals surface area contributed by atoms with Crippen molar-refractivity contribution in [3.05, 3.63) is 60.4 Å². The summed E-state index contributed by atoms with van der Waals surface area (Å²) in [5.74, 6) is 1.41. The molecule has 0 radical (unpaired) electrons. The summed E-state index contributed by atoms with van der Waals surface area (Å²) in [5, 5.41) is 0. The van der Waals surface area contributed by atoms with E-state index in [9.17, 15) is 4.79 Å². The molecule has 2 saturated heterocycles. The highest BCUT2D eigenvalue weighted by Gasteiger charge is 2.41. The third-order valence-corrected chi connectivity index (χ3v) is 6.98. The number of hydrogen-bond donors (Lipinski definition) is 0. The second kappa shape index (κ2) is 9.10. The van der Waals surface area contributed by atoms with Crippen molar-refractivity contribution in [1.29, 1.82) is 0 Å². The van der Waals surface area contributed by atoms with E-state index in [-0.39, 0.29) is 11.3 Å². The van der Waals surface area contributed by atoms with Crippen molar-refractivity contribution >= 4 is 17.7 Å². The van der Waals surface area contributed by atoms with Crippen LogP contribution in [0, 0.1) is 5.41 Å². The topological polar surface area (TPSA) is 36.4 Å². The lowest BCUT2D eigenvalue weighted by molar-refractivity contribution is -0.140. The van der Waals surface area contributed by atoms with Crippen LogP contribution < -0.4 is 0 Å². The molecule has 0 unspecified atom stereocenters. The van der Waals surface area contributed by atoms with Crippen molar-refractivity contribution in [2.24, 2.45) is 5.41 Å². The van der Waals surface area contributed by atoms with Gasteiger partial charge in [-0.25, -0.2) is 0 Å². The highest BCUT2D eigenvalue weighted by atomic mass is 32.2. The van der Waals surface area contributed by atoms with Gasteiger partial charge in [-0.05, 0) is 50.1 Å². The number of benzene rings is 1. The summed E-state index contributed by atoms with van der Waals surface area (Å²) >= 11 is 1.94. The summed E-state index contributed by atoms with van der Waals surface area (Å²) in [6.45, 7) is 4.95. The molecule has 4 nitrogen and oxygen atoms in total. The second-order valence-electron chi connectivity index (χ2n) is 8.11. The summed E-state index contributed by atoms with van der Waals surface area (Å²) in [6.07, 6.45) is 6.00. The average molecular weight is 396 g/mol.